The zero-order chi connectivity index (χ0) is 10.3. The Morgan fingerprint density at radius 2 is 1.93 bits per heavy atom. The van der Waals surface area contributed by atoms with E-state index in [1.807, 2.05) is 0 Å². The molecule has 0 aliphatic carbocycles. The summed E-state index contributed by atoms with van der Waals surface area (Å²) in [6.07, 6.45) is 0. The van der Waals surface area contributed by atoms with Crippen LogP contribution in [0.5, 0.6) is 0 Å². The van der Waals surface area contributed by atoms with Crippen molar-refractivity contribution in [2.75, 3.05) is 0 Å². The molecular weight excluding hydrogens is 247 g/mol. The first-order valence-electron chi connectivity index (χ1n) is 3.62. The summed E-state index contributed by atoms with van der Waals surface area (Å²) in [7, 11) is -4.71. The van der Waals surface area contributed by atoms with E-state index in [1.54, 1.807) is 24.3 Å². The van der Waals surface area contributed by atoms with E-state index in [0.29, 0.717) is 10.1 Å². The Bertz CT molecular complexity index is 588. The molecule has 0 N–H and O–H groups in total. The number of hydrogen-bond donors (Lipinski definition) is 0. The Morgan fingerprint density at radius 3 is 2.50 bits per heavy atom. The fraction of sp³-hybridized carbons (Fsp3) is 0. The lowest BCUT2D eigenvalue weighted by Gasteiger charge is -1.88. The number of rotatable bonds is 1. The molecule has 14 heavy (non-hydrogen) atoms. The topological polar surface area (TPSA) is 34.1 Å². The van der Waals surface area contributed by atoms with Gasteiger partial charge in [0.1, 0.15) is 0 Å². The van der Waals surface area contributed by atoms with Crippen LogP contribution < -0.4 is 0 Å². The predicted molar refractivity (Wildman–Crippen MR) is 55.1 cm³/mol. The van der Waals surface area contributed by atoms with Crippen molar-refractivity contribution in [3.63, 3.8) is 0 Å². The Hall–Kier alpha value is -0.650. The highest BCUT2D eigenvalue weighted by Crippen LogP contribution is 2.38. The van der Waals surface area contributed by atoms with E-state index in [0.717, 1.165) is 11.3 Å². The summed E-state index contributed by atoms with van der Waals surface area (Å²) in [6.45, 7) is 0. The van der Waals surface area contributed by atoms with Crippen LogP contribution in [0.1, 0.15) is 0 Å². The van der Waals surface area contributed by atoms with Crippen LogP contribution >= 0.6 is 22.9 Å². The molecule has 1 aromatic heterocycles. The van der Waals surface area contributed by atoms with Gasteiger partial charge in [-0.3, -0.25) is 0 Å². The third-order valence-electron chi connectivity index (χ3n) is 1.73. The first-order valence-corrected chi connectivity index (χ1v) is 6.19. The van der Waals surface area contributed by atoms with Gasteiger partial charge in [-0.05, 0) is 6.07 Å². The minimum absolute atomic E-state index is 0.0342. The lowest BCUT2D eigenvalue weighted by molar-refractivity contribution is 0.554. The fourth-order valence-corrected chi connectivity index (χ4v) is 3.58. The maximum Gasteiger partial charge on any atom is 0.343 e. The van der Waals surface area contributed by atoms with Crippen molar-refractivity contribution < 1.29 is 12.3 Å². The van der Waals surface area contributed by atoms with Gasteiger partial charge in [0.25, 0.3) is 0 Å². The van der Waals surface area contributed by atoms with Crippen LogP contribution in [0.4, 0.5) is 3.89 Å². The Kier molecular flexibility index (Phi) is 2.25. The molecule has 74 valence electrons. The van der Waals surface area contributed by atoms with Crippen molar-refractivity contribution in [3.05, 3.63) is 29.3 Å². The molecule has 2 rings (SSSR count). The van der Waals surface area contributed by atoms with E-state index in [2.05, 4.69) is 0 Å². The molecule has 0 unspecified atom stereocenters. The monoisotopic (exact) mass is 250 g/mol. The number of thiophene rings is 1. The molecule has 0 spiro atoms. The molecule has 0 saturated carbocycles. The van der Waals surface area contributed by atoms with Crippen molar-refractivity contribution in [1.82, 2.24) is 0 Å². The first kappa shape index (κ1) is 9.89. The highest BCUT2D eigenvalue weighted by atomic mass is 35.5. The molecule has 0 radical (unpaired) electrons. The van der Waals surface area contributed by atoms with Crippen molar-refractivity contribution in [3.8, 4) is 0 Å². The maximum atomic E-state index is 12.7. The van der Waals surface area contributed by atoms with E-state index >= 15 is 0 Å². The fourth-order valence-electron chi connectivity index (χ4n) is 1.15. The summed E-state index contributed by atoms with van der Waals surface area (Å²) in [6, 6.07) is 6.81. The second-order valence-corrected chi connectivity index (χ2v) is 5.61. The lowest BCUT2D eigenvalue weighted by atomic mass is 10.3. The molecule has 2 aromatic rings. The van der Waals surface area contributed by atoms with Gasteiger partial charge in [0.05, 0.1) is 5.02 Å². The van der Waals surface area contributed by atoms with Crippen LogP contribution in [0.3, 0.4) is 0 Å². The van der Waals surface area contributed by atoms with Gasteiger partial charge < -0.3 is 0 Å². The molecule has 1 aromatic carbocycles. The second-order valence-electron chi connectivity index (χ2n) is 2.64. The van der Waals surface area contributed by atoms with E-state index in [9.17, 15) is 12.3 Å². The van der Waals surface area contributed by atoms with Crippen molar-refractivity contribution in [2.24, 2.45) is 0 Å². The van der Waals surface area contributed by atoms with Crippen molar-refractivity contribution in [2.45, 2.75) is 4.21 Å². The van der Waals surface area contributed by atoms with E-state index < -0.39 is 14.4 Å². The SMILES string of the molecule is O=S(=O)(F)c1sc2ccccc2c1Cl. The van der Waals surface area contributed by atoms with Gasteiger partial charge >= 0.3 is 10.2 Å². The average Bonchev–Trinajstić information content (AvgIpc) is 2.44. The molecule has 0 aliphatic rings. The normalized spacial score (nSPS) is 12.1. The lowest BCUT2D eigenvalue weighted by Crippen LogP contribution is -1.87. The Morgan fingerprint density at radius 1 is 1.29 bits per heavy atom. The minimum atomic E-state index is -4.71. The van der Waals surface area contributed by atoms with Crippen LogP contribution in [-0.2, 0) is 10.2 Å². The van der Waals surface area contributed by atoms with Crippen LogP contribution in [0.25, 0.3) is 10.1 Å². The van der Waals surface area contributed by atoms with Gasteiger partial charge in [0.2, 0.25) is 0 Å². The number of hydrogen-bond acceptors (Lipinski definition) is 3. The standard InChI is InChI=1S/C8H4ClFO2S2/c9-7-5-3-1-2-4-6(5)13-8(7)14(10,11)12/h1-4H. The maximum absolute atomic E-state index is 12.7. The zero-order valence-electron chi connectivity index (χ0n) is 6.70. The van der Waals surface area contributed by atoms with Crippen LogP contribution in [0.15, 0.2) is 28.5 Å². The first-order chi connectivity index (χ1) is 6.50. The molecule has 0 amide bonds. The van der Waals surface area contributed by atoms with E-state index in [-0.39, 0.29) is 5.02 Å². The smallest absolute Gasteiger partial charge is 0.188 e. The average molecular weight is 251 g/mol. The second kappa shape index (κ2) is 3.18. The third-order valence-corrected chi connectivity index (χ3v) is 4.80. The predicted octanol–water partition coefficient (Wildman–Crippen LogP) is 3.21. The molecule has 1 heterocycles. The largest absolute Gasteiger partial charge is 0.343 e. The van der Waals surface area contributed by atoms with Gasteiger partial charge in [-0.1, -0.05) is 33.7 Å². The van der Waals surface area contributed by atoms with Crippen molar-refractivity contribution >= 4 is 43.2 Å². The van der Waals surface area contributed by atoms with Crippen LogP contribution in [-0.4, -0.2) is 8.42 Å². The highest BCUT2D eigenvalue weighted by molar-refractivity contribution is 7.89. The summed E-state index contributed by atoms with van der Waals surface area (Å²) in [5.41, 5.74) is 0. The van der Waals surface area contributed by atoms with Crippen molar-refractivity contribution in [1.29, 1.82) is 0 Å². The van der Waals surface area contributed by atoms with Gasteiger partial charge in [-0.2, -0.15) is 8.42 Å². The van der Waals surface area contributed by atoms with Crippen LogP contribution in [0, 0.1) is 0 Å². The molecule has 0 bridgehead atoms. The van der Waals surface area contributed by atoms with Gasteiger partial charge in [0, 0.05) is 10.1 Å². The highest BCUT2D eigenvalue weighted by Gasteiger charge is 2.21. The third kappa shape index (κ3) is 1.51. The van der Waals surface area contributed by atoms with Gasteiger partial charge in [0.15, 0.2) is 4.21 Å². The molecule has 0 aliphatic heterocycles. The quantitative estimate of drug-likeness (QED) is 0.729. The summed E-state index contributed by atoms with van der Waals surface area (Å²) in [5, 5.41) is 0.531. The summed E-state index contributed by atoms with van der Waals surface area (Å²) in [4.78, 5) is 0. The van der Waals surface area contributed by atoms with Gasteiger partial charge in [-0.15, -0.1) is 11.3 Å². The molecular formula is C8H4ClFO2S2. The minimum Gasteiger partial charge on any atom is -0.188 e. The Balaban J connectivity index is 2.89. The molecule has 0 atom stereocenters. The zero-order valence-corrected chi connectivity index (χ0v) is 9.09. The number of halogens is 2. The summed E-state index contributed by atoms with van der Waals surface area (Å²) >= 11 is 6.57. The summed E-state index contributed by atoms with van der Waals surface area (Å²) < 4.78 is 34.3. The van der Waals surface area contributed by atoms with Gasteiger partial charge in [-0.25, -0.2) is 0 Å². The summed E-state index contributed by atoms with van der Waals surface area (Å²) in [5.74, 6) is 0. The Labute approximate surface area is 89.1 Å². The molecule has 2 nitrogen and oxygen atoms in total. The number of benzene rings is 1. The number of fused-ring (bicyclic) bond motifs is 1. The molecule has 6 heteroatoms. The van der Waals surface area contributed by atoms with E-state index in [1.165, 1.54) is 0 Å². The van der Waals surface area contributed by atoms with Crippen LogP contribution in [0.2, 0.25) is 5.02 Å². The molecule has 0 saturated heterocycles. The molecule has 0 fully saturated rings. The van der Waals surface area contributed by atoms with E-state index in [4.69, 9.17) is 11.6 Å².